The van der Waals surface area contributed by atoms with Crippen LogP contribution in [-0.2, 0) is 0 Å². The lowest BCUT2D eigenvalue weighted by Crippen LogP contribution is -1.92. The molecule has 0 aromatic carbocycles. The fourth-order valence-corrected chi connectivity index (χ4v) is 1.08. The second kappa shape index (κ2) is 9.44. The molecule has 0 spiro atoms. The minimum Gasteiger partial charge on any atom is -0.368 e. The quantitative estimate of drug-likeness (QED) is 0.774. The van der Waals surface area contributed by atoms with Gasteiger partial charge in [-0.25, -0.2) is 9.97 Å². The zero-order chi connectivity index (χ0) is 11.5. The Labute approximate surface area is 93.1 Å². The highest BCUT2D eigenvalue weighted by molar-refractivity contribution is 5.15. The van der Waals surface area contributed by atoms with Crippen molar-refractivity contribution in [1.82, 2.24) is 9.97 Å². The van der Waals surface area contributed by atoms with Crippen molar-refractivity contribution in [2.45, 2.75) is 52.9 Å². The number of aromatic nitrogens is 2. The summed E-state index contributed by atoms with van der Waals surface area (Å²) in [5, 5.41) is 0. The first kappa shape index (κ1) is 13.9. The Balaban J connectivity index is 0.000000265. The highest BCUT2D eigenvalue weighted by Gasteiger charge is 1.83. The second-order valence-corrected chi connectivity index (χ2v) is 3.68. The zero-order valence-electron chi connectivity index (χ0n) is 10.2. The molecule has 1 aromatic rings. The highest BCUT2D eigenvalue weighted by atomic mass is 15.0. The molecule has 0 bridgehead atoms. The Bertz CT molecular complexity index is 206. The van der Waals surface area contributed by atoms with E-state index < -0.39 is 0 Å². The summed E-state index contributed by atoms with van der Waals surface area (Å²) in [6.45, 7) is 6.41. The van der Waals surface area contributed by atoms with Crippen LogP contribution in [0, 0.1) is 6.92 Å². The molecule has 15 heavy (non-hydrogen) atoms. The van der Waals surface area contributed by atoms with Crippen molar-refractivity contribution in [3.63, 3.8) is 0 Å². The standard InChI is InChI=1S/C7H16.C5H7N3/c1-3-5-7-6-4-2;1-4-2-7-5(6)8-3-4/h3-7H2,1-2H3;2-3H,1H3,(H2,6,7,8). The molecule has 3 heteroatoms. The molecule has 0 aliphatic rings. The summed E-state index contributed by atoms with van der Waals surface area (Å²) in [6, 6.07) is 0. The molecule has 0 saturated carbocycles. The Hall–Kier alpha value is -1.12. The van der Waals surface area contributed by atoms with Crippen molar-refractivity contribution in [2.24, 2.45) is 0 Å². The average molecular weight is 209 g/mol. The van der Waals surface area contributed by atoms with Gasteiger partial charge in [-0.15, -0.1) is 0 Å². The number of nitrogens with zero attached hydrogens (tertiary/aromatic N) is 2. The summed E-state index contributed by atoms with van der Waals surface area (Å²) >= 11 is 0. The first-order chi connectivity index (χ1) is 7.20. The van der Waals surface area contributed by atoms with Crippen molar-refractivity contribution < 1.29 is 0 Å². The number of hydrogen-bond acceptors (Lipinski definition) is 3. The van der Waals surface area contributed by atoms with E-state index in [1.165, 1.54) is 32.1 Å². The molecule has 3 nitrogen and oxygen atoms in total. The first-order valence-electron chi connectivity index (χ1n) is 5.74. The summed E-state index contributed by atoms with van der Waals surface area (Å²) in [4.78, 5) is 7.49. The maximum Gasteiger partial charge on any atom is 0.219 e. The van der Waals surface area contributed by atoms with E-state index >= 15 is 0 Å². The second-order valence-electron chi connectivity index (χ2n) is 3.68. The fourth-order valence-electron chi connectivity index (χ4n) is 1.08. The molecule has 2 N–H and O–H groups in total. The number of aryl methyl sites for hydroxylation is 1. The number of rotatable bonds is 4. The van der Waals surface area contributed by atoms with E-state index in [2.05, 4.69) is 23.8 Å². The SMILES string of the molecule is CCCCCCC.Cc1cnc(N)nc1. The largest absolute Gasteiger partial charge is 0.368 e. The van der Waals surface area contributed by atoms with Gasteiger partial charge in [0, 0.05) is 12.4 Å². The molecular formula is C12H23N3. The maximum atomic E-state index is 5.20. The van der Waals surface area contributed by atoms with Crippen LogP contribution in [0.3, 0.4) is 0 Å². The highest BCUT2D eigenvalue weighted by Crippen LogP contribution is 2.00. The molecule has 0 atom stereocenters. The molecule has 0 aliphatic heterocycles. The third-order valence-electron chi connectivity index (χ3n) is 2.01. The third-order valence-corrected chi connectivity index (χ3v) is 2.01. The summed E-state index contributed by atoms with van der Waals surface area (Å²) in [6.07, 6.45) is 10.4. The van der Waals surface area contributed by atoms with E-state index in [4.69, 9.17) is 5.73 Å². The number of nitrogens with two attached hydrogens (primary N) is 1. The van der Waals surface area contributed by atoms with Crippen LogP contribution in [0.25, 0.3) is 0 Å². The number of hydrogen-bond donors (Lipinski definition) is 1. The molecule has 1 heterocycles. The van der Waals surface area contributed by atoms with Crippen LogP contribution in [0.15, 0.2) is 12.4 Å². The van der Waals surface area contributed by atoms with Crippen LogP contribution < -0.4 is 5.73 Å². The van der Waals surface area contributed by atoms with E-state index in [1.807, 2.05) is 6.92 Å². The van der Waals surface area contributed by atoms with Gasteiger partial charge in [0.05, 0.1) is 0 Å². The molecule has 0 radical (unpaired) electrons. The Kier molecular flexibility index (Phi) is 8.73. The van der Waals surface area contributed by atoms with Crippen LogP contribution in [0.1, 0.15) is 51.5 Å². The Morgan fingerprint density at radius 2 is 1.47 bits per heavy atom. The number of anilines is 1. The van der Waals surface area contributed by atoms with E-state index in [-0.39, 0.29) is 0 Å². The summed E-state index contributed by atoms with van der Waals surface area (Å²) in [5.41, 5.74) is 6.23. The molecule has 1 aromatic heterocycles. The van der Waals surface area contributed by atoms with Crippen LogP contribution in [-0.4, -0.2) is 9.97 Å². The molecule has 0 fully saturated rings. The molecule has 0 saturated heterocycles. The van der Waals surface area contributed by atoms with E-state index in [1.54, 1.807) is 12.4 Å². The van der Waals surface area contributed by atoms with Gasteiger partial charge in [-0.05, 0) is 12.5 Å². The Morgan fingerprint density at radius 3 is 1.80 bits per heavy atom. The van der Waals surface area contributed by atoms with Gasteiger partial charge < -0.3 is 5.73 Å². The molecule has 86 valence electrons. The molecule has 1 rings (SSSR count). The van der Waals surface area contributed by atoms with Crippen LogP contribution in [0.2, 0.25) is 0 Å². The smallest absolute Gasteiger partial charge is 0.219 e. The lowest BCUT2D eigenvalue weighted by Gasteiger charge is -1.90. The monoisotopic (exact) mass is 209 g/mol. The van der Waals surface area contributed by atoms with Gasteiger partial charge in [-0.2, -0.15) is 0 Å². The summed E-state index contributed by atoms with van der Waals surface area (Å²) in [7, 11) is 0. The van der Waals surface area contributed by atoms with Gasteiger partial charge in [0.2, 0.25) is 5.95 Å². The maximum absolute atomic E-state index is 5.20. The normalized spacial score (nSPS) is 9.27. The number of nitrogen functional groups attached to an aromatic ring is 1. The lowest BCUT2D eigenvalue weighted by molar-refractivity contribution is 0.656. The van der Waals surface area contributed by atoms with Crippen molar-refractivity contribution in [2.75, 3.05) is 5.73 Å². The van der Waals surface area contributed by atoms with Gasteiger partial charge in [0.15, 0.2) is 0 Å². The number of unbranched alkanes of at least 4 members (excludes halogenated alkanes) is 4. The van der Waals surface area contributed by atoms with Gasteiger partial charge in [0.25, 0.3) is 0 Å². The average Bonchev–Trinajstić information content (AvgIpc) is 2.24. The predicted octanol–water partition coefficient (Wildman–Crippen LogP) is 3.34. The van der Waals surface area contributed by atoms with Crippen molar-refractivity contribution in [1.29, 1.82) is 0 Å². The van der Waals surface area contributed by atoms with E-state index in [0.717, 1.165) is 5.56 Å². The zero-order valence-corrected chi connectivity index (χ0v) is 10.2. The molecular weight excluding hydrogens is 186 g/mol. The van der Waals surface area contributed by atoms with E-state index in [0.29, 0.717) is 5.95 Å². The van der Waals surface area contributed by atoms with Crippen molar-refractivity contribution in [3.05, 3.63) is 18.0 Å². The predicted molar refractivity (Wildman–Crippen MR) is 65.6 cm³/mol. The molecule has 0 unspecified atom stereocenters. The van der Waals surface area contributed by atoms with Gasteiger partial charge in [0.1, 0.15) is 0 Å². The fraction of sp³-hybridized carbons (Fsp3) is 0.667. The van der Waals surface area contributed by atoms with Crippen molar-refractivity contribution in [3.8, 4) is 0 Å². The van der Waals surface area contributed by atoms with Crippen LogP contribution in [0.5, 0.6) is 0 Å². The van der Waals surface area contributed by atoms with Crippen molar-refractivity contribution >= 4 is 5.95 Å². The topological polar surface area (TPSA) is 51.8 Å². The summed E-state index contributed by atoms with van der Waals surface area (Å²) < 4.78 is 0. The minimum atomic E-state index is 0.329. The van der Waals surface area contributed by atoms with Gasteiger partial charge in [-0.3, -0.25) is 0 Å². The van der Waals surface area contributed by atoms with Gasteiger partial charge >= 0.3 is 0 Å². The van der Waals surface area contributed by atoms with Gasteiger partial charge in [-0.1, -0.05) is 46.0 Å². The van der Waals surface area contributed by atoms with E-state index in [9.17, 15) is 0 Å². The molecule has 0 aliphatic carbocycles. The van der Waals surface area contributed by atoms with Crippen LogP contribution in [0.4, 0.5) is 5.95 Å². The lowest BCUT2D eigenvalue weighted by atomic mass is 10.2. The summed E-state index contributed by atoms with van der Waals surface area (Å²) in [5.74, 6) is 0.329. The third kappa shape index (κ3) is 9.19. The van der Waals surface area contributed by atoms with Crippen LogP contribution >= 0.6 is 0 Å². The Morgan fingerprint density at radius 1 is 1.00 bits per heavy atom. The first-order valence-corrected chi connectivity index (χ1v) is 5.74. The minimum absolute atomic E-state index is 0.329. The molecule has 0 amide bonds.